The van der Waals surface area contributed by atoms with Crippen LogP contribution >= 0.6 is 0 Å². The Morgan fingerprint density at radius 3 is 0.958 bits per heavy atom. The third kappa shape index (κ3) is 1.08. The molecule has 0 heterocycles. The van der Waals surface area contributed by atoms with E-state index in [1.807, 2.05) is 6.07 Å². The summed E-state index contributed by atoms with van der Waals surface area (Å²) in [5.41, 5.74) is 0. The summed E-state index contributed by atoms with van der Waals surface area (Å²) in [6, 6.07) is 24.7. The molecule has 0 radical (unpaired) electrons. The minimum Gasteiger partial charge on any atom is -0.0537 e. The van der Waals surface area contributed by atoms with Crippen LogP contribution in [-0.4, -0.2) is 0 Å². The van der Waals surface area contributed by atoms with Gasteiger partial charge in [-0.1, -0.05) is 72.8 Å². The minimum absolute atomic E-state index is 0.618. The van der Waals surface area contributed by atoms with Crippen molar-refractivity contribution in [3.05, 3.63) is 72.8 Å². The number of rotatable bonds is 0. The van der Waals surface area contributed by atoms with Crippen LogP contribution in [0.2, 0.25) is 0 Å². The van der Waals surface area contributed by atoms with Gasteiger partial charge in [0, 0.05) is 0 Å². The maximum absolute atomic E-state index is 8.54. The molecule has 0 aliphatic rings. The van der Waals surface area contributed by atoms with Crippen molar-refractivity contribution in [3.63, 3.8) is 0 Å². The molecule has 0 saturated carbocycles. The molecule has 0 N–H and O–H groups in total. The van der Waals surface area contributed by atoms with Gasteiger partial charge in [0.2, 0.25) is 0 Å². The molecule has 0 unspecified atom stereocenters. The first-order chi connectivity index (χ1) is 12.3. The Bertz CT molecular complexity index is 1530. The molecule has 0 aromatic heterocycles. The zero-order chi connectivity index (χ0) is 16.3. The Hall–Kier alpha value is -3.12. The SMILES string of the molecule is [2H]c1cc2ccc3ccc4ccc5ccc6ccc1c1c6c5c4c3c21. The van der Waals surface area contributed by atoms with Crippen molar-refractivity contribution in [1.82, 2.24) is 0 Å². The van der Waals surface area contributed by atoms with Gasteiger partial charge in [0.1, 0.15) is 0 Å². The van der Waals surface area contributed by atoms with Crippen LogP contribution in [0.15, 0.2) is 72.8 Å². The average molecular weight is 301 g/mol. The summed E-state index contributed by atoms with van der Waals surface area (Å²) in [5.74, 6) is 0. The van der Waals surface area contributed by atoms with Gasteiger partial charge in [-0.2, -0.15) is 0 Å². The molecule has 24 heavy (non-hydrogen) atoms. The molecule has 0 spiro atoms. The first-order valence-corrected chi connectivity index (χ1v) is 8.38. The van der Waals surface area contributed by atoms with Crippen molar-refractivity contribution in [2.75, 3.05) is 0 Å². The Balaban J connectivity index is 2.10. The fraction of sp³-hybridized carbons (Fsp3) is 0. The van der Waals surface area contributed by atoms with Crippen molar-refractivity contribution >= 4 is 64.6 Å². The normalized spacial score (nSPS) is 13.6. The van der Waals surface area contributed by atoms with Crippen LogP contribution in [0, 0.1) is 0 Å². The Kier molecular flexibility index (Phi) is 1.56. The van der Waals surface area contributed by atoms with Crippen LogP contribution in [0.1, 0.15) is 1.37 Å². The molecular weight excluding hydrogens is 288 g/mol. The standard InChI is InChI=1S/C24H12/c1-2-14-5-6-16-9-11-18-12-10-17-8-7-15-4-3-13(1)19-20(14)22(16)24(18)23(17)21(15)19/h1-12H/i1D. The fourth-order valence-corrected chi connectivity index (χ4v) is 4.81. The lowest BCUT2D eigenvalue weighted by atomic mass is 9.83. The molecule has 0 saturated heterocycles. The summed E-state index contributed by atoms with van der Waals surface area (Å²) < 4.78 is 8.54. The Labute approximate surface area is 139 Å². The highest BCUT2D eigenvalue weighted by Crippen LogP contribution is 2.47. The predicted octanol–water partition coefficient (Wildman–Crippen LogP) is 6.92. The van der Waals surface area contributed by atoms with E-state index in [-0.39, 0.29) is 0 Å². The molecule has 7 rings (SSSR count). The average Bonchev–Trinajstić information content (AvgIpc) is 2.66. The zero-order valence-electron chi connectivity index (χ0n) is 13.9. The van der Waals surface area contributed by atoms with Gasteiger partial charge in [-0.25, -0.2) is 0 Å². The van der Waals surface area contributed by atoms with E-state index in [0.29, 0.717) is 6.04 Å². The van der Waals surface area contributed by atoms with Crippen LogP contribution in [-0.2, 0) is 0 Å². The summed E-state index contributed by atoms with van der Waals surface area (Å²) in [4.78, 5) is 0. The van der Waals surface area contributed by atoms with Crippen LogP contribution in [0.3, 0.4) is 0 Å². The molecule has 0 fully saturated rings. The summed E-state index contributed by atoms with van der Waals surface area (Å²) in [6.45, 7) is 0. The van der Waals surface area contributed by atoms with Crippen LogP contribution in [0.25, 0.3) is 64.6 Å². The highest BCUT2D eigenvalue weighted by molar-refractivity contribution is 6.44. The van der Waals surface area contributed by atoms with Crippen molar-refractivity contribution in [2.45, 2.75) is 0 Å². The highest BCUT2D eigenvalue weighted by Gasteiger charge is 2.19. The van der Waals surface area contributed by atoms with Gasteiger partial charge in [-0.05, 0) is 64.6 Å². The quantitative estimate of drug-likeness (QED) is 0.211. The van der Waals surface area contributed by atoms with E-state index in [1.54, 1.807) is 0 Å². The first kappa shape index (κ1) is 10.6. The molecule has 7 aromatic rings. The lowest BCUT2D eigenvalue weighted by Gasteiger charge is -2.20. The molecule has 7 aromatic carbocycles. The summed E-state index contributed by atoms with van der Waals surface area (Å²) >= 11 is 0. The molecule has 0 heteroatoms. The molecular formula is C24H12. The molecule has 0 nitrogen and oxygen atoms in total. The van der Waals surface area contributed by atoms with Gasteiger partial charge >= 0.3 is 0 Å². The van der Waals surface area contributed by atoms with E-state index in [4.69, 9.17) is 1.37 Å². The van der Waals surface area contributed by atoms with Crippen LogP contribution in [0.4, 0.5) is 0 Å². The van der Waals surface area contributed by atoms with E-state index >= 15 is 0 Å². The second-order valence-electron chi connectivity index (χ2n) is 6.90. The van der Waals surface area contributed by atoms with E-state index in [2.05, 4.69) is 60.7 Å². The van der Waals surface area contributed by atoms with E-state index < -0.39 is 0 Å². The highest BCUT2D eigenvalue weighted by atomic mass is 14.2. The van der Waals surface area contributed by atoms with Crippen LogP contribution in [0.5, 0.6) is 0 Å². The molecule has 0 aliphatic carbocycles. The topological polar surface area (TPSA) is 0 Å². The Morgan fingerprint density at radius 2 is 0.583 bits per heavy atom. The molecule has 108 valence electrons. The van der Waals surface area contributed by atoms with Gasteiger partial charge in [-0.3, -0.25) is 0 Å². The van der Waals surface area contributed by atoms with Gasteiger partial charge in [0.05, 0.1) is 1.37 Å². The van der Waals surface area contributed by atoms with Crippen molar-refractivity contribution in [1.29, 1.82) is 0 Å². The third-order valence-electron chi connectivity index (χ3n) is 5.80. The maximum Gasteiger partial charge on any atom is 0.0629 e. The lowest BCUT2D eigenvalue weighted by Crippen LogP contribution is -1.91. The minimum atomic E-state index is 0.618. The molecule has 0 atom stereocenters. The fourth-order valence-electron chi connectivity index (χ4n) is 4.81. The number of hydrogen-bond acceptors (Lipinski definition) is 0. The van der Waals surface area contributed by atoms with Gasteiger partial charge in [0.25, 0.3) is 0 Å². The van der Waals surface area contributed by atoms with E-state index in [1.165, 1.54) is 59.2 Å². The van der Waals surface area contributed by atoms with Crippen molar-refractivity contribution in [2.24, 2.45) is 0 Å². The van der Waals surface area contributed by atoms with Gasteiger partial charge in [-0.15, -0.1) is 0 Å². The largest absolute Gasteiger partial charge is 0.0629 e. The molecule has 0 aliphatic heterocycles. The number of hydrogen-bond donors (Lipinski definition) is 0. The monoisotopic (exact) mass is 301 g/mol. The van der Waals surface area contributed by atoms with Crippen LogP contribution < -0.4 is 0 Å². The summed E-state index contributed by atoms with van der Waals surface area (Å²) in [5, 5.41) is 15.4. The Morgan fingerprint density at radius 1 is 0.333 bits per heavy atom. The predicted molar refractivity (Wildman–Crippen MR) is 105 cm³/mol. The third-order valence-corrected chi connectivity index (χ3v) is 5.80. The van der Waals surface area contributed by atoms with E-state index in [9.17, 15) is 0 Å². The second kappa shape index (κ2) is 3.52. The van der Waals surface area contributed by atoms with Gasteiger partial charge in [0.15, 0.2) is 0 Å². The lowest BCUT2D eigenvalue weighted by molar-refractivity contribution is 1.80. The maximum atomic E-state index is 8.54. The van der Waals surface area contributed by atoms with Crippen molar-refractivity contribution < 1.29 is 1.37 Å². The zero-order valence-corrected chi connectivity index (χ0v) is 12.9. The summed E-state index contributed by atoms with van der Waals surface area (Å²) in [6.07, 6.45) is 0. The first-order valence-electron chi connectivity index (χ1n) is 8.88. The number of benzene rings is 7. The molecule has 0 bridgehead atoms. The molecule has 0 amide bonds. The van der Waals surface area contributed by atoms with Crippen molar-refractivity contribution in [3.8, 4) is 0 Å². The van der Waals surface area contributed by atoms with Gasteiger partial charge < -0.3 is 0 Å². The van der Waals surface area contributed by atoms with E-state index in [0.717, 1.165) is 5.39 Å². The summed E-state index contributed by atoms with van der Waals surface area (Å²) in [7, 11) is 0. The second-order valence-corrected chi connectivity index (χ2v) is 6.90. The smallest absolute Gasteiger partial charge is 0.0537 e.